The van der Waals surface area contributed by atoms with E-state index in [0.717, 1.165) is 0 Å². The summed E-state index contributed by atoms with van der Waals surface area (Å²) in [7, 11) is 0. The highest BCUT2D eigenvalue weighted by Crippen LogP contribution is 2.22. The Balaban J connectivity index is 4.55. The third kappa shape index (κ3) is 1.94. The van der Waals surface area contributed by atoms with E-state index >= 15 is 0 Å². The van der Waals surface area contributed by atoms with Crippen LogP contribution in [0.1, 0.15) is 20.8 Å². The summed E-state index contributed by atoms with van der Waals surface area (Å²) in [6, 6.07) is 1.32. The van der Waals surface area contributed by atoms with Crippen LogP contribution in [0, 0.1) is 17.2 Å². The fourth-order valence-corrected chi connectivity index (χ4v) is 0.647. The van der Waals surface area contributed by atoms with Crippen LogP contribution in [-0.4, -0.2) is 18.2 Å². The van der Waals surface area contributed by atoms with E-state index in [9.17, 15) is 9.18 Å². The lowest BCUT2D eigenvalue weighted by molar-refractivity contribution is -0.155. The number of halogens is 1. The van der Waals surface area contributed by atoms with Gasteiger partial charge in [-0.3, -0.25) is 0 Å². The van der Waals surface area contributed by atoms with Crippen molar-refractivity contribution in [1.82, 2.24) is 0 Å². The number of carbonyl (C=O) groups is 1. The first kappa shape index (κ1) is 10.9. The molecule has 0 fully saturated rings. The van der Waals surface area contributed by atoms with Crippen molar-refractivity contribution in [2.75, 3.05) is 6.61 Å². The van der Waals surface area contributed by atoms with E-state index in [1.54, 1.807) is 6.92 Å². The molecule has 0 heterocycles. The highest BCUT2D eigenvalue weighted by Gasteiger charge is 2.44. The third-order valence-corrected chi connectivity index (χ3v) is 1.53. The number of hydrogen-bond donors (Lipinski definition) is 0. The summed E-state index contributed by atoms with van der Waals surface area (Å²) in [6.45, 7) is 4.56. The van der Waals surface area contributed by atoms with Gasteiger partial charge < -0.3 is 4.74 Å². The minimum absolute atomic E-state index is 0.0822. The number of alkyl halides is 1. The fraction of sp³-hybridized carbons (Fsp3) is 0.750. The number of nitriles is 1. The van der Waals surface area contributed by atoms with Gasteiger partial charge in [-0.1, -0.05) is 13.8 Å². The van der Waals surface area contributed by atoms with Crippen LogP contribution in [0.15, 0.2) is 0 Å². The van der Waals surface area contributed by atoms with Gasteiger partial charge in [-0.2, -0.15) is 5.26 Å². The van der Waals surface area contributed by atoms with Crippen LogP contribution in [-0.2, 0) is 9.53 Å². The van der Waals surface area contributed by atoms with Crippen molar-refractivity contribution in [2.24, 2.45) is 5.92 Å². The highest BCUT2D eigenvalue weighted by molar-refractivity contribution is 5.83. The van der Waals surface area contributed by atoms with E-state index in [2.05, 4.69) is 4.74 Å². The number of hydrogen-bond acceptors (Lipinski definition) is 3. The molecule has 0 saturated heterocycles. The van der Waals surface area contributed by atoms with Gasteiger partial charge in [-0.05, 0) is 6.92 Å². The Bertz CT molecular complexity index is 210. The summed E-state index contributed by atoms with van der Waals surface area (Å²) in [5.41, 5.74) is -2.50. The number of nitrogens with zero attached hydrogens (tertiary/aromatic N) is 1. The summed E-state index contributed by atoms with van der Waals surface area (Å²) in [6.07, 6.45) is 0. The molecule has 68 valence electrons. The number of carbonyl (C=O) groups excluding carboxylic acids is 1. The predicted molar refractivity (Wildman–Crippen MR) is 40.9 cm³/mol. The van der Waals surface area contributed by atoms with E-state index in [-0.39, 0.29) is 6.61 Å². The highest BCUT2D eigenvalue weighted by atomic mass is 19.1. The molecule has 0 aromatic carbocycles. The third-order valence-electron chi connectivity index (χ3n) is 1.53. The molecule has 1 atom stereocenters. The first-order valence-electron chi connectivity index (χ1n) is 3.76. The van der Waals surface area contributed by atoms with Crippen molar-refractivity contribution >= 4 is 5.97 Å². The van der Waals surface area contributed by atoms with Crippen LogP contribution in [0.2, 0.25) is 0 Å². The first-order chi connectivity index (χ1) is 5.49. The van der Waals surface area contributed by atoms with Crippen LogP contribution in [0.25, 0.3) is 0 Å². The Labute approximate surface area is 71.1 Å². The largest absolute Gasteiger partial charge is 0.463 e. The molecule has 4 heteroatoms. The molecule has 0 unspecified atom stereocenters. The Morgan fingerprint density at radius 1 is 1.75 bits per heavy atom. The maximum atomic E-state index is 13.4. The normalized spacial score (nSPS) is 15.0. The van der Waals surface area contributed by atoms with E-state index in [4.69, 9.17) is 5.26 Å². The maximum Gasteiger partial charge on any atom is 0.359 e. The van der Waals surface area contributed by atoms with Gasteiger partial charge in [0.15, 0.2) is 0 Å². The van der Waals surface area contributed by atoms with Gasteiger partial charge >= 0.3 is 5.97 Å². The molecule has 0 saturated carbocycles. The second-order valence-corrected chi connectivity index (χ2v) is 2.70. The molecule has 0 aromatic rings. The molecule has 3 nitrogen and oxygen atoms in total. The van der Waals surface area contributed by atoms with Crippen molar-refractivity contribution in [3.8, 4) is 6.07 Å². The predicted octanol–water partition coefficient (Wildman–Crippen LogP) is 1.44. The second-order valence-electron chi connectivity index (χ2n) is 2.70. The molecule has 0 rings (SSSR count). The zero-order chi connectivity index (χ0) is 9.78. The summed E-state index contributed by atoms with van der Waals surface area (Å²) < 4.78 is 17.8. The molecule has 0 aliphatic carbocycles. The molecule has 0 amide bonds. The van der Waals surface area contributed by atoms with Crippen molar-refractivity contribution in [3.63, 3.8) is 0 Å². The van der Waals surface area contributed by atoms with Crippen LogP contribution < -0.4 is 0 Å². The zero-order valence-electron chi connectivity index (χ0n) is 7.43. The number of rotatable bonds is 3. The van der Waals surface area contributed by atoms with Gasteiger partial charge in [0.05, 0.1) is 6.61 Å². The van der Waals surface area contributed by atoms with Gasteiger partial charge in [0.25, 0.3) is 5.67 Å². The molecule has 0 bridgehead atoms. The Kier molecular flexibility index (Phi) is 3.68. The Morgan fingerprint density at radius 2 is 2.25 bits per heavy atom. The molecule has 12 heavy (non-hydrogen) atoms. The van der Waals surface area contributed by atoms with Crippen molar-refractivity contribution in [3.05, 3.63) is 0 Å². The van der Waals surface area contributed by atoms with Gasteiger partial charge in [0, 0.05) is 5.92 Å². The van der Waals surface area contributed by atoms with Crippen LogP contribution in [0.5, 0.6) is 0 Å². The van der Waals surface area contributed by atoms with E-state index in [1.807, 2.05) is 0 Å². The van der Waals surface area contributed by atoms with Gasteiger partial charge in [0.1, 0.15) is 6.07 Å². The van der Waals surface area contributed by atoms with Gasteiger partial charge in [0.2, 0.25) is 0 Å². The molecule has 0 radical (unpaired) electrons. The van der Waals surface area contributed by atoms with Gasteiger partial charge in [-0.15, -0.1) is 0 Å². The fourth-order valence-electron chi connectivity index (χ4n) is 0.647. The smallest absolute Gasteiger partial charge is 0.359 e. The van der Waals surface area contributed by atoms with Crippen LogP contribution in [0.4, 0.5) is 4.39 Å². The topological polar surface area (TPSA) is 50.1 Å². The number of esters is 1. The Hall–Kier alpha value is -1.11. The monoisotopic (exact) mass is 173 g/mol. The van der Waals surface area contributed by atoms with Crippen LogP contribution >= 0.6 is 0 Å². The standard InChI is InChI=1S/C8H12FNO2/c1-4-12-7(11)8(9,5-10)6(2)3/h6H,4H2,1-3H3/t8-/m1/s1. The molecule has 0 aliphatic rings. The van der Waals surface area contributed by atoms with E-state index in [0.29, 0.717) is 0 Å². The van der Waals surface area contributed by atoms with Crippen molar-refractivity contribution in [1.29, 1.82) is 5.26 Å². The van der Waals surface area contributed by atoms with Crippen LogP contribution in [0.3, 0.4) is 0 Å². The summed E-state index contributed by atoms with van der Waals surface area (Å²) in [5, 5.41) is 8.43. The van der Waals surface area contributed by atoms with E-state index < -0.39 is 17.6 Å². The molecule has 0 aliphatic heterocycles. The summed E-state index contributed by atoms with van der Waals surface area (Å²) in [4.78, 5) is 10.9. The summed E-state index contributed by atoms with van der Waals surface area (Å²) >= 11 is 0. The first-order valence-corrected chi connectivity index (χ1v) is 3.76. The quantitative estimate of drug-likeness (QED) is 0.607. The van der Waals surface area contributed by atoms with Gasteiger partial charge in [-0.25, -0.2) is 9.18 Å². The minimum atomic E-state index is -2.50. The molecule has 0 aromatic heterocycles. The lowest BCUT2D eigenvalue weighted by Crippen LogP contribution is -2.39. The molecule has 0 spiro atoms. The van der Waals surface area contributed by atoms with Crippen molar-refractivity contribution < 1.29 is 13.9 Å². The molecular formula is C8H12FNO2. The maximum absolute atomic E-state index is 13.4. The summed E-state index contributed by atoms with van der Waals surface area (Å²) in [5.74, 6) is -1.79. The lowest BCUT2D eigenvalue weighted by atomic mass is 9.94. The average molecular weight is 173 g/mol. The second kappa shape index (κ2) is 4.05. The SMILES string of the molecule is CCOC(=O)[C@@](F)(C#N)C(C)C. The Morgan fingerprint density at radius 3 is 2.50 bits per heavy atom. The van der Waals surface area contributed by atoms with E-state index in [1.165, 1.54) is 19.9 Å². The minimum Gasteiger partial charge on any atom is -0.463 e. The zero-order valence-corrected chi connectivity index (χ0v) is 7.43. The molecular weight excluding hydrogens is 161 g/mol. The molecule has 0 N–H and O–H groups in total. The van der Waals surface area contributed by atoms with Crippen molar-refractivity contribution in [2.45, 2.75) is 26.4 Å². The number of ether oxygens (including phenoxy) is 1. The average Bonchev–Trinajstić information content (AvgIpc) is 2.03. The lowest BCUT2D eigenvalue weighted by Gasteiger charge is -2.18.